The van der Waals surface area contributed by atoms with Crippen LogP contribution < -0.4 is 9.62 Å². The Bertz CT molecular complexity index is 1110. The highest BCUT2D eigenvalue weighted by Crippen LogP contribution is 2.29. The molecule has 2 heterocycles. The van der Waals surface area contributed by atoms with E-state index < -0.39 is 10.0 Å². The largest absolute Gasteiger partial charge is 0.351 e. The third-order valence-corrected chi connectivity index (χ3v) is 6.49. The number of amides is 1. The summed E-state index contributed by atoms with van der Waals surface area (Å²) in [4.78, 5) is 16.8. The fourth-order valence-electron chi connectivity index (χ4n) is 3.40. The van der Waals surface area contributed by atoms with Gasteiger partial charge in [-0.1, -0.05) is 30.3 Å². The van der Waals surface area contributed by atoms with Crippen molar-refractivity contribution in [3.8, 4) is 0 Å². The number of nitrogens with one attached hydrogen (secondary N) is 1. The number of aromatic nitrogens is 1. The summed E-state index contributed by atoms with van der Waals surface area (Å²) in [6, 6.07) is 16.4. The van der Waals surface area contributed by atoms with Crippen LogP contribution in [0.15, 0.2) is 60.8 Å². The molecular weight excluding hydrogens is 362 g/mol. The summed E-state index contributed by atoms with van der Waals surface area (Å²) in [5.74, 6) is -0.443. The molecule has 0 aliphatic carbocycles. The molecule has 6 nitrogen and oxygen atoms in total. The number of carbonyl (C=O) groups is 1. The lowest BCUT2D eigenvalue weighted by Gasteiger charge is -2.19. The molecule has 27 heavy (non-hydrogen) atoms. The maximum absolute atomic E-state index is 12.7. The smallest absolute Gasteiger partial charge is 0.252 e. The lowest BCUT2D eigenvalue weighted by Crippen LogP contribution is -2.37. The maximum Gasteiger partial charge on any atom is 0.252 e. The van der Waals surface area contributed by atoms with E-state index in [4.69, 9.17) is 0 Å². The van der Waals surface area contributed by atoms with Gasteiger partial charge in [-0.3, -0.25) is 14.1 Å². The van der Waals surface area contributed by atoms with Crippen LogP contribution in [0.4, 0.5) is 5.69 Å². The Morgan fingerprint density at radius 2 is 1.93 bits per heavy atom. The molecule has 4 rings (SSSR count). The van der Waals surface area contributed by atoms with Crippen molar-refractivity contribution in [2.75, 3.05) is 23.1 Å². The molecule has 1 aliphatic heterocycles. The van der Waals surface area contributed by atoms with Crippen LogP contribution in [0.1, 0.15) is 15.9 Å². The van der Waals surface area contributed by atoms with Crippen LogP contribution in [-0.2, 0) is 16.4 Å². The van der Waals surface area contributed by atoms with Gasteiger partial charge in [0, 0.05) is 30.2 Å². The Labute approximate surface area is 157 Å². The Balaban J connectivity index is 1.44. The fourth-order valence-corrected chi connectivity index (χ4v) is 4.82. The number of benzene rings is 2. The topological polar surface area (TPSA) is 79.4 Å². The summed E-state index contributed by atoms with van der Waals surface area (Å²) in [5.41, 5.74) is 2.99. The first-order chi connectivity index (χ1) is 13.1. The predicted molar refractivity (Wildman–Crippen MR) is 105 cm³/mol. The van der Waals surface area contributed by atoms with Crippen molar-refractivity contribution in [3.05, 3.63) is 71.9 Å². The lowest BCUT2D eigenvalue weighted by molar-refractivity contribution is 0.0958. The first-order valence-corrected chi connectivity index (χ1v) is 10.4. The van der Waals surface area contributed by atoms with Gasteiger partial charge in [-0.15, -0.1) is 0 Å². The van der Waals surface area contributed by atoms with Gasteiger partial charge in [0.05, 0.1) is 17.0 Å². The van der Waals surface area contributed by atoms with Crippen molar-refractivity contribution < 1.29 is 13.2 Å². The molecule has 1 N–H and O–H groups in total. The molecule has 0 saturated carbocycles. The van der Waals surface area contributed by atoms with Crippen molar-refractivity contribution in [1.29, 1.82) is 0 Å². The number of rotatable bonds is 5. The standard InChI is InChI=1S/C20H19N3O3S/c24-20(17-6-3-8-18-16(17)7-4-11-21-18)22-12-14-27(25,26)23-13-10-15-5-1-2-9-19(15)23/h1-9,11H,10,12-14H2,(H,22,24). The third-order valence-electron chi connectivity index (χ3n) is 4.72. The van der Waals surface area contributed by atoms with Crippen molar-refractivity contribution in [2.24, 2.45) is 0 Å². The Kier molecular flexibility index (Phi) is 4.53. The van der Waals surface area contributed by atoms with Crippen LogP contribution in [0.2, 0.25) is 0 Å². The van der Waals surface area contributed by atoms with Crippen LogP contribution in [0.3, 0.4) is 0 Å². The number of anilines is 1. The number of nitrogens with zero attached hydrogens (tertiary/aromatic N) is 2. The molecule has 1 aliphatic rings. The highest BCUT2D eigenvalue weighted by molar-refractivity contribution is 7.92. The molecule has 3 aromatic rings. The van der Waals surface area contributed by atoms with Crippen molar-refractivity contribution in [3.63, 3.8) is 0 Å². The van der Waals surface area contributed by atoms with E-state index in [1.807, 2.05) is 36.4 Å². The van der Waals surface area contributed by atoms with Gasteiger partial charge in [0.25, 0.3) is 5.91 Å². The van der Waals surface area contributed by atoms with Crippen molar-refractivity contribution >= 4 is 32.5 Å². The van der Waals surface area contributed by atoms with Crippen molar-refractivity contribution in [2.45, 2.75) is 6.42 Å². The summed E-state index contributed by atoms with van der Waals surface area (Å²) in [7, 11) is -3.49. The second-order valence-electron chi connectivity index (χ2n) is 6.40. The number of para-hydroxylation sites is 1. The summed E-state index contributed by atoms with van der Waals surface area (Å²) in [6.45, 7) is 0.501. The second-order valence-corrected chi connectivity index (χ2v) is 8.41. The summed E-state index contributed by atoms with van der Waals surface area (Å²) in [6.07, 6.45) is 2.38. The van der Waals surface area contributed by atoms with Crippen molar-refractivity contribution in [1.82, 2.24) is 10.3 Å². The molecule has 0 atom stereocenters. The monoisotopic (exact) mass is 381 g/mol. The molecule has 7 heteroatoms. The average Bonchev–Trinajstić information content (AvgIpc) is 3.12. The highest BCUT2D eigenvalue weighted by atomic mass is 32.2. The molecule has 1 aromatic heterocycles. The normalized spacial score (nSPS) is 13.6. The van der Waals surface area contributed by atoms with Crippen LogP contribution in [-0.4, -0.2) is 38.2 Å². The molecule has 0 radical (unpaired) electrons. The quantitative estimate of drug-likeness (QED) is 0.736. The summed E-state index contributed by atoms with van der Waals surface area (Å²) < 4.78 is 26.8. The summed E-state index contributed by atoms with van der Waals surface area (Å²) in [5, 5.41) is 3.47. The minimum atomic E-state index is -3.49. The van der Waals surface area contributed by atoms with Gasteiger partial charge < -0.3 is 5.32 Å². The number of carbonyl (C=O) groups excluding carboxylic acids is 1. The zero-order chi connectivity index (χ0) is 18.9. The van der Waals surface area contributed by atoms with Gasteiger partial charge in [0.1, 0.15) is 0 Å². The fraction of sp³-hybridized carbons (Fsp3) is 0.200. The molecule has 0 fully saturated rings. The van der Waals surface area contributed by atoms with Gasteiger partial charge in [-0.05, 0) is 36.2 Å². The Morgan fingerprint density at radius 3 is 2.81 bits per heavy atom. The van der Waals surface area contributed by atoms with E-state index in [-0.39, 0.29) is 18.2 Å². The first kappa shape index (κ1) is 17.5. The number of hydrogen-bond acceptors (Lipinski definition) is 4. The predicted octanol–water partition coefficient (Wildman–Crippen LogP) is 2.36. The van der Waals surface area contributed by atoms with E-state index in [1.54, 1.807) is 24.4 Å². The van der Waals surface area contributed by atoms with E-state index in [1.165, 1.54) is 4.31 Å². The minimum Gasteiger partial charge on any atom is -0.351 e. The zero-order valence-corrected chi connectivity index (χ0v) is 15.4. The molecule has 138 valence electrons. The van der Waals surface area contributed by atoms with Crippen LogP contribution >= 0.6 is 0 Å². The molecule has 1 amide bonds. The number of hydrogen-bond donors (Lipinski definition) is 1. The lowest BCUT2D eigenvalue weighted by atomic mass is 10.1. The van der Waals surface area contributed by atoms with Gasteiger partial charge in [0.15, 0.2) is 0 Å². The molecular formula is C20H19N3O3S. The van der Waals surface area contributed by atoms with E-state index in [0.29, 0.717) is 18.5 Å². The number of sulfonamides is 1. The first-order valence-electron chi connectivity index (χ1n) is 8.76. The number of pyridine rings is 1. The van der Waals surface area contributed by atoms with Crippen LogP contribution in [0.5, 0.6) is 0 Å². The highest BCUT2D eigenvalue weighted by Gasteiger charge is 2.28. The molecule has 0 unspecified atom stereocenters. The number of fused-ring (bicyclic) bond motifs is 2. The van der Waals surface area contributed by atoms with Gasteiger partial charge in [0.2, 0.25) is 10.0 Å². The molecule has 2 aromatic carbocycles. The third kappa shape index (κ3) is 3.38. The molecule has 0 bridgehead atoms. The van der Waals surface area contributed by atoms with Gasteiger partial charge >= 0.3 is 0 Å². The SMILES string of the molecule is O=C(NCCS(=O)(=O)N1CCc2ccccc21)c1cccc2ncccc12. The van der Waals surface area contributed by atoms with Crippen LogP contribution in [0.25, 0.3) is 10.9 Å². The molecule has 0 saturated heterocycles. The Hall–Kier alpha value is -2.93. The zero-order valence-electron chi connectivity index (χ0n) is 14.6. The second kappa shape index (κ2) is 7.00. The van der Waals surface area contributed by atoms with E-state index in [2.05, 4.69) is 10.3 Å². The van der Waals surface area contributed by atoms with Gasteiger partial charge in [-0.25, -0.2) is 8.42 Å². The van der Waals surface area contributed by atoms with E-state index in [9.17, 15) is 13.2 Å². The minimum absolute atomic E-state index is 0.0521. The average molecular weight is 381 g/mol. The van der Waals surface area contributed by atoms with E-state index >= 15 is 0 Å². The summed E-state index contributed by atoms with van der Waals surface area (Å²) >= 11 is 0. The van der Waals surface area contributed by atoms with E-state index in [0.717, 1.165) is 22.2 Å². The molecule has 0 spiro atoms. The maximum atomic E-state index is 12.7. The van der Waals surface area contributed by atoms with Crippen LogP contribution in [0, 0.1) is 0 Å². The van der Waals surface area contributed by atoms with Gasteiger partial charge in [-0.2, -0.15) is 0 Å². The Morgan fingerprint density at radius 1 is 1.07 bits per heavy atom.